The molecule has 0 amide bonds. The number of halogens is 5. The maximum absolute atomic E-state index is 12.1. The van der Waals surface area contributed by atoms with Gasteiger partial charge in [-0.1, -0.05) is 18.2 Å². The number of benzene rings is 2. The number of hydrogen-bond donors (Lipinski definition) is 1. The van der Waals surface area contributed by atoms with Crippen LogP contribution in [0.5, 0.6) is 11.5 Å². The van der Waals surface area contributed by atoms with Crippen LogP contribution >= 0.6 is 28.3 Å². The van der Waals surface area contributed by atoms with Crippen molar-refractivity contribution in [3.05, 3.63) is 58.1 Å². The Labute approximate surface area is 146 Å². The van der Waals surface area contributed by atoms with Crippen molar-refractivity contribution < 1.29 is 22.6 Å². The highest BCUT2D eigenvalue weighted by Gasteiger charge is 2.31. The van der Waals surface area contributed by atoms with Gasteiger partial charge in [0.2, 0.25) is 0 Å². The van der Waals surface area contributed by atoms with Gasteiger partial charge in [-0.05, 0) is 51.3 Å². The molecule has 23 heavy (non-hydrogen) atoms. The van der Waals surface area contributed by atoms with Crippen LogP contribution in [0.3, 0.4) is 0 Å². The molecule has 2 rings (SSSR count). The molecule has 0 unspecified atom stereocenters. The van der Waals surface area contributed by atoms with Crippen molar-refractivity contribution in [2.24, 2.45) is 5.73 Å². The molecule has 0 saturated heterocycles. The lowest BCUT2D eigenvalue weighted by Gasteiger charge is -2.15. The summed E-state index contributed by atoms with van der Waals surface area (Å²) in [6.07, 6.45) is -4.70. The fourth-order valence-electron chi connectivity index (χ4n) is 1.95. The van der Waals surface area contributed by atoms with E-state index in [1.165, 1.54) is 24.3 Å². The summed E-state index contributed by atoms with van der Waals surface area (Å²) in [6, 6.07) is 10.4. The average molecular weight is 413 g/mol. The minimum absolute atomic E-state index is 0. The van der Waals surface area contributed by atoms with Gasteiger partial charge in [0.05, 0.1) is 17.6 Å². The number of hydrogen-bond acceptors (Lipinski definition) is 3. The quantitative estimate of drug-likeness (QED) is 0.782. The van der Waals surface area contributed by atoms with E-state index in [2.05, 4.69) is 20.7 Å². The molecular formula is C15H14BrClF3NO2. The number of rotatable bonds is 4. The molecule has 126 valence electrons. The predicted molar refractivity (Wildman–Crippen MR) is 87.1 cm³/mol. The van der Waals surface area contributed by atoms with Crippen molar-refractivity contribution in [1.29, 1.82) is 0 Å². The molecule has 0 bridgehead atoms. The van der Waals surface area contributed by atoms with Gasteiger partial charge in [0.1, 0.15) is 11.5 Å². The normalized spacial score (nSPS) is 12.3. The first-order chi connectivity index (χ1) is 10.3. The van der Waals surface area contributed by atoms with E-state index in [4.69, 9.17) is 10.5 Å². The van der Waals surface area contributed by atoms with Gasteiger partial charge < -0.3 is 15.2 Å². The lowest BCUT2D eigenvalue weighted by Crippen LogP contribution is -2.17. The summed E-state index contributed by atoms with van der Waals surface area (Å²) in [7, 11) is 1.55. The summed E-state index contributed by atoms with van der Waals surface area (Å²) in [6.45, 7) is 0. The van der Waals surface area contributed by atoms with Crippen molar-refractivity contribution >= 4 is 28.3 Å². The molecule has 0 heterocycles. The van der Waals surface area contributed by atoms with Crippen LogP contribution in [0.2, 0.25) is 0 Å². The molecular weight excluding hydrogens is 399 g/mol. The smallest absolute Gasteiger partial charge is 0.496 e. The standard InChI is InChI=1S/C15H13BrF3NO2.ClH/c1-21-13-7-4-10(8-12(13)16)14(20)9-2-5-11(6-3-9)22-15(17,18)19;/h2-8,14H,20H2,1H3;1H/t14-;/m1./s1. The Morgan fingerprint density at radius 1 is 1.04 bits per heavy atom. The van der Waals surface area contributed by atoms with E-state index >= 15 is 0 Å². The lowest BCUT2D eigenvalue weighted by molar-refractivity contribution is -0.274. The van der Waals surface area contributed by atoms with Crippen molar-refractivity contribution in [2.75, 3.05) is 7.11 Å². The van der Waals surface area contributed by atoms with E-state index in [1.54, 1.807) is 19.2 Å². The third-order valence-electron chi connectivity index (χ3n) is 3.01. The fraction of sp³-hybridized carbons (Fsp3) is 0.200. The van der Waals surface area contributed by atoms with E-state index in [1.807, 2.05) is 6.07 Å². The molecule has 0 aliphatic carbocycles. The van der Waals surface area contributed by atoms with E-state index in [-0.39, 0.29) is 18.2 Å². The summed E-state index contributed by atoms with van der Waals surface area (Å²) in [4.78, 5) is 0. The Hall–Kier alpha value is -1.44. The fourth-order valence-corrected chi connectivity index (χ4v) is 2.50. The van der Waals surface area contributed by atoms with Gasteiger partial charge >= 0.3 is 6.36 Å². The summed E-state index contributed by atoms with van der Waals surface area (Å²) in [5.74, 6) is 0.393. The summed E-state index contributed by atoms with van der Waals surface area (Å²) in [5.41, 5.74) is 7.61. The zero-order valence-corrected chi connectivity index (χ0v) is 14.3. The molecule has 0 radical (unpaired) electrons. The Kier molecular flexibility index (Phi) is 6.73. The van der Waals surface area contributed by atoms with E-state index < -0.39 is 12.4 Å². The second-order valence-corrected chi connectivity index (χ2v) is 5.34. The SMILES string of the molecule is COc1ccc([C@H](N)c2ccc(OC(F)(F)F)cc2)cc1Br.Cl. The van der Waals surface area contributed by atoms with Gasteiger partial charge in [0.15, 0.2) is 0 Å². The van der Waals surface area contributed by atoms with Crippen LogP contribution in [0, 0.1) is 0 Å². The molecule has 0 aliphatic heterocycles. The van der Waals surface area contributed by atoms with Crippen LogP contribution in [0.4, 0.5) is 13.2 Å². The number of ether oxygens (including phenoxy) is 2. The van der Waals surface area contributed by atoms with Gasteiger partial charge in [-0.3, -0.25) is 0 Å². The zero-order valence-electron chi connectivity index (χ0n) is 11.9. The molecule has 2 aromatic rings. The number of nitrogens with two attached hydrogens (primary N) is 1. The third kappa shape index (κ3) is 5.30. The lowest BCUT2D eigenvalue weighted by atomic mass is 9.99. The van der Waals surface area contributed by atoms with Gasteiger partial charge in [0, 0.05) is 0 Å². The number of alkyl halides is 3. The van der Waals surface area contributed by atoms with Gasteiger partial charge in [0.25, 0.3) is 0 Å². The van der Waals surface area contributed by atoms with Gasteiger partial charge in [-0.15, -0.1) is 25.6 Å². The van der Waals surface area contributed by atoms with Crippen LogP contribution < -0.4 is 15.2 Å². The maximum Gasteiger partial charge on any atom is 0.573 e. The van der Waals surface area contributed by atoms with Gasteiger partial charge in [-0.2, -0.15) is 0 Å². The first-order valence-corrected chi connectivity index (χ1v) is 7.04. The molecule has 2 N–H and O–H groups in total. The average Bonchev–Trinajstić information content (AvgIpc) is 2.45. The highest BCUT2D eigenvalue weighted by atomic mass is 79.9. The molecule has 0 aromatic heterocycles. The van der Waals surface area contributed by atoms with Crippen molar-refractivity contribution in [1.82, 2.24) is 0 Å². The molecule has 0 spiro atoms. The van der Waals surface area contributed by atoms with E-state index in [0.29, 0.717) is 11.3 Å². The van der Waals surface area contributed by atoms with Crippen molar-refractivity contribution in [3.63, 3.8) is 0 Å². The van der Waals surface area contributed by atoms with Crippen LogP contribution in [0.15, 0.2) is 46.9 Å². The minimum atomic E-state index is -4.70. The van der Waals surface area contributed by atoms with E-state index in [0.717, 1.165) is 10.0 Å². The highest BCUT2D eigenvalue weighted by Crippen LogP contribution is 2.30. The Morgan fingerprint density at radius 3 is 2.09 bits per heavy atom. The van der Waals surface area contributed by atoms with Gasteiger partial charge in [-0.25, -0.2) is 0 Å². The first-order valence-electron chi connectivity index (χ1n) is 6.25. The summed E-state index contributed by atoms with van der Waals surface area (Å²) < 4.78 is 46.1. The molecule has 1 atom stereocenters. The minimum Gasteiger partial charge on any atom is -0.496 e. The van der Waals surface area contributed by atoms with Crippen LogP contribution in [0.25, 0.3) is 0 Å². The topological polar surface area (TPSA) is 44.5 Å². The second kappa shape index (κ2) is 7.90. The molecule has 3 nitrogen and oxygen atoms in total. The summed E-state index contributed by atoms with van der Waals surface area (Å²) in [5, 5.41) is 0. The molecule has 2 aromatic carbocycles. The Balaban J connectivity index is 0.00000264. The third-order valence-corrected chi connectivity index (χ3v) is 3.63. The second-order valence-electron chi connectivity index (χ2n) is 4.49. The van der Waals surface area contributed by atoms with Crippen LogP contribution in [-0.4, -0.2) is 13.5 Å². The molecule has 8 heteroatoms. The van der Waals surface area contributed by atoms with E-state index in [9.17, 15) is 13.2 Å². The monoisotopic (exact) mass is 411 g/mol. The Bertz CT molecular complexity index is 650. The first kappa shape index (κ1) is 19.6. The maximum atomic E-state index is 12.1. The highest BCUT2D eigenvalue weighted by molar-refractivity contribution is 9.10. The molecule has 0 saturated carbocycles. The molecule has 0 aliphatic rings. The van der Waals surface area contributed by atoms with Crippen LogP contribution in [0.1, 0.15) is 17.2 Å². The summed E-state index contributed by atoms with van der Waals surface area (Å²) >= 11 is 3.37. The van der Waals surface area contributed by atoms with Crippen molar-refractivity contribution in [3.8, 4) is 11.5 Å². The Morgan fingerprint density at radius 2 is 1.61 bits per heavy atom. The number of methoxy groups -OCH3 is 1. The van der Waals surface area contributed by atoms with Crippen LogP contribution in [-0.2, 0) is 0 Å². The zero-order chi connectivity index (χ0) is 16.3. The van der Waals surface area contributed by atoms with Crippen molar-refractivity contribution in [2.45, 2.75) is 12.4 Å². The predicted octanol–water partition coefficient (Wildman–Crippen LogP) is 4.83. The molecule has 0 fully saturated rings. The largest absolute Gasteiger partial charge is 0.573 e.